The Kier molecular flexibility index (Phi) is 16.3. The third-order valence-corrected chi connectivity index (χ3v) is 6.51. The Bertz CT molecular complexity index is 354. The molecular formula is C22H48N2O5. The molecule has 0 rings (SSSR count). The minimum atomic E-state index is -0.641. The van der Waals surface area contributed by atoms with E-state index < -0.39 is 11.2 Å². The zero-order valence-electron chi connectivity index (χ0n) is 18.8. The highest BCUT2D eigenvalue weighted by atomic mass is 16.5. The van der Waals surface area contributed by atoms with Gasteiger partial charge in [0.1, 0.15) is 0 Å². The van der Waals surface area contributed by atoms with E-state index >= 15 is 0 Å². The maximum atomic E-state index is 9.93. The normalized spacial score (nSPS) is 18.2. The summed E-state index contributed by atoms with van der Waals surface area (Å²) in [4.78, 5) is 0. The molecule has 0 aliphatic rings. The van der Waals surface area contributed by atoms with E-state index in [0.717, 1.165) is 25.7 Å². The van der Waals surface area contributed by atoms with Crippen LogP contribution in [0.15, 0.2) is 0 Å². The van der Waals surface area contributed by atoms with E-state index in [1.54, 1.807) is 0 Å². The molecule has 0 amide bonds. The summed E-state index contributed by atoms with van der Waals surface area (Å²) in [5, 5.41) is 39.2. The third-order valence-electron chi connectivity index (χ3n) is 6.51. The molecule has 0 aromatic rings. The number of hydrogen-bond donors (Lipinski definition) is 6. The van der Waals surface area contributed by atoms with Crippen LogP contribution in [0.4, 0.5) is 0 Å². The molecule has 0 radical (unpaired) electrons. The second-order valence-corrected chi connectivity index (χ2v) is 8.20. The molecule has 8 N–H and O–H groups in total. The van der Waals surface area contributed by atoms with Crippen molar-refractivity contribution < 1.29 is 25.2 Å². The molecule has 4 unspecified atom stereocenters. The van der Waals surface area contributed by atoms with E-state index in [1.165, 1.54) is 0 Å². The summed E-state index contributed by atoms with van der Waals surface area (Å²) in [5.41, 5.74) is 10.4. The van der Waals surface area contributed by atoms with Gasteiger partial charge in [0.25, 0.3) is 0 Å². The molecule has 7 nitrogen and oxygen atoms in total. The zero-order valence-corrected chi connectivity index (χ0v) is 18.8. The molecule has 0 aromatic heterocycles. The number of hydrogen-bond acceptors (Lipinski definition) is 7. The number of rotatable bonds is 20. The smallest absolute Gasteiger partial charge is 0.0741 e. The van der Waals surface area contributed by atoms with Crippen molar-refractivity contribution in [2.24, 2.45) is 23.3 Å². The monoisotopic (exact) mass is 420 g/mol. The van der Waals surface area contributed by atoms with Crippen molar-refractivity contribution in [1.82, 2.24) is 0 Å². The van der Waals surface area contributed by atoms with Gasteiger partial charge in [-0.25, -0.2) is 0 Å². The van der Waals surface area contributed by atoms with Crippen LogP contribution in [0.25, 0.3) is 0 Å². The van der Waals surface area contributed by atoms with Gasteiger partial charge in [-0.2, -0.15) is 0 Å². The van der Waals surface area contributed by atoms with Crippen LogP contribution in [0, 0.1) is 11.8 Å². The maximum Gasteiger partial charge on any atom is 0.0741 e. The topological polar surface area (TPSA) is 142 Å². The molecule has 0 aliphatic heterocycles. The van der Waals surface area contributed by atoms with Crippen molar-refractivity contribution in [2.75, 3.05) is 39.5 Å². The Balaban J connectivity index is 6.31. The highest BCUT2D eigenvalue weighted by Gasteiger charge is 2.47. The van der Waals surface area contributed by atoms with Crippen LogP contribution in [0.5, 0.6) is 0 Å². The fraction of sp³-hybridized carbons (Fsp3) is 1.00. The lowest BCUT2D eigenvalue weighted by molar-refractivity contribution is -0.227. The highest BCUT2D eigenvalue weighted by Crippen LogP contribution is 2.45. The Hall–Kier alpha value is -0.280. The summed E-state index contributed by atoms with van der Waals surface area (Å²) in [6.07, 6.45) is 6.60. The maximum absolute atomic E-state index is 9.93. The van der Waals surface area contributed by atoms with Crippen molar-refractivity contribution in [3.05, 3.63) is 0 Å². The first-order valence-corrected chi connectivity index (χ1v) is 11.5. The van der Waals surface area contributed by atoms with E-state index in [-0.39, 0.29) is 38.3 Å². The molecule has 7 heteroatoms. The van der Waals surface area contributed by atoms with E-state index in [9.17, 15) is 20.4 Å². The molecule has 0 saturated heterocycles. The molecule has 0 spiro atoms. The Morgan fingerprint density at radius 1 is 0.655 bits per heavy atom. The van der Waals surface area contributed by atoms with E-state index in [2.05, 4.69) is 13.8 Å². The molecule has 0 saturated carbocycles. The van der Waals surface area contributed by atoms with Gasteiger partial charge in [0.05, 0.1) is 11.2 Å². The van der Waals surface area contributed by atoms with E-state index in [0.29, 0.717) is 51.6 Å². The predicted molar refractivity (Wildman–Crippen MR) is 117 cm³/mol. The molecule has 4 atom stereocenters. The van der Waals surface area contributed by atoms with Crippen LogP contribution in [0.1, 0.15) is 78.1 Å². The van der Waals surface area contributed by atoms with Gasteiger partial charge in [-0.1, -0.05) is 26.7 Å². The predicted octanol–water partition coefficient (Wildman–Crippen LogP) is 1.54. The average Bonchev–Trinajstić information content (AvgIpc) is 2.72. The van der Waals surface area contributed by atoms with Crippen molar-refractivity contribution >= 4 is 0 Å². The first-order valence-electron chi connectivity index (χ1n) is 11.5. The van der Waals surface area contributed by atoms with Gasteiger partial charge in [0.15, 0.2) is 0 Å². The Morgan fingerprint density at radius 3 is 1.28 bits per heavy atom. The Morgan fingerprint density at radius 2 is 1.03 bits per heavy atom. The summed E-state index contributed by atoms with van der Waals surface area (Å²) in [7, 11) is 0. The second kappa shape index (κ2) is 16.4. The van der Waals surface area contributed by atoms with Crippen LogP contribution >= 0.6 is 0 Å². The first-order chi connectivity index (χ1) is 14.0. The molecule has 0 fully saturated rings. The second-order valence-electron chi connectivity index (χ2n) is 8.20. The van der Waals surface area contributed by atoms with Crippen LogP contribution in [0.2, 0.25) is 0 Å². The van der Waals surface area contributed by atoms with E-state index in [1.807, 2.05) is 0 Å². The average molecular weight is 421 g/mol. The van der Waals surface area contributed by atoms with Gasteiger partial charge in [-0.3, -0.25) is 0 Å². The summed E-state index contributed by atoms with van der Waals surface area (Å²) in [6, 6.07) is 0. The van der Waals surface area contributed by atoms with Gasteiger partial charge < -0.3 is 36.6 Å². The zero-order chi connectivity index (χ0) is 22.2. The lowest BCUT2D eigenvalue weighted by Gasteiger charge is -2.51. The lowest BCUT2D eigenvalue weighted by Crippen LogP contribution is -2.54. The minimum Gasteiger partial charge on any atom is -0.396 e. The molecule has 29 heavy (non-hydrogen) atoms. The molecule has 0 heterocycles. The van der Waals surface area contributed by atoms with Gasteiger partial charge in [0.2, 0.25) is 0 Å². The van der Waals surface area contributed by atoms with Crippen LogP contribution in [-0.2, 0) is 4.74 Å². The van der Waals surface area contributed by atoms with Gasteiger partial charge in [0, 0.05) is 26.4 Å². The molecular weight excluding hydrogens is 372 g/mol. The van der Waals surface area contributed by atoms with Crippen molar-refractivity contribution in [1.29, 1.82) is 0 Å². The van der Waals surface area contributed by atoms with Gasteiger partial charge >= 0.3 is 0 Å². The quantitative estimate of drug-likeness (QED) is 0.175. The van der Waals surface area contributed by atoms with Crippen molar-refractivity contribution in [2.45, 2.75) is 89.3 Å². The molecule has 176 valence electrons. The fourth-order valence-electron chi connectivity index (χ4n) is 5.01. The summed E-state index contributed by atoms with van der Waals surface area (Å²) in [6.45, 7) is 5.28. The minimum absolute atomic E-state index is 0.0185. The van der Waals surface area contributed by atoms with E-state index in [4.69, 9.17) is 16.2 Å². The molecule has 0 aromatic carbocycles. The largest absolute Gasteiger partial charge is 0.396 e. The summed E-state index contributed by atoms with van der Waals surface area (Å²) in [5.74, 6) is 0.127. The summed E-state index contributed by atoms with van der Waals surface area (Å²) < 4.78 is 7.07. The van der Waals surface area contributed by atoms with Gasteiger partial charge in [-0.15, -0.1) is 0 Å². The molecule has 0 bridgehead atoms. The van der Waals surface area contributed by atoms with Crippen LogP contribution in [-0.4, -0.2) is 71.1 Å². The number of nitrogens with two attached hydrogens (primary N) is 2. The van der Waals surface area contributed by atoms with Crippen LogP contribution in [0.3, 0.4) is 0 Å². The number of ether oxygens (including phenoxy) is 1. The van der Waals surface area contributed by atoms with Crippen molar-refractivity contribution in [3.63, 3.8) is 0 Å². The van der Waals surface area contributed by atoms with Gasteiger partial charge in [-0.05, 0) is 76.3 Å². The third kappa shape index (κ3) is 8.77. The number of aliphatic hydroxyl groups is 4. The number of aliphatic hydroxyl groups excluding tert-OH is 4. The first kappa shape index (κ1) is 28.7. The fourth-order valence-corrected chi connectivity index (χ4v) is 5.01. The SMILES string of the molecule is CCC(CCO)C(CCO)(CCCN)OC(CCO)(CCCN)C(CC)CCO. The standard InChI is InChI=1S/C22H48N2O5/c1-3-19(7-15-25)21(11-17-27,9-5-13-23)29-22(12-18-28,10-6-14-24)20(4-2)8-16-26/h19-20,25-28H,3-18,23-24H2,1-2H3. The summed E-state index contributed by atoms with van der Waals surface area (Å²) >= 11 is 0. The highest BCUT2D eigenvalue weighted by molar-refractivity contribution is 4.96. The Labute approximate surface area is 177 Å². The molecule has 0 aliphatic carbocycles. The lowest BCUT2D eigenvalue weighted by atomic mass is 9.73. The van der Waals surface area contributed by atoms with Crippen LogP contribution < -0.4 is 11.5 Å². The van der Waals surface area contributed by atoms with Crippen molar-refractivity contribution in [3.8, 4) is 0 Å².